The second-order valence-corrected chi connectivity index (χ2v) is 8.27. The second kappa shape index (κ2) is 6.90. The Labute approximate surface area is 135 Å². The molecule has 0 aromatic carbocycles. The van der Waals surface area contributed by atoms with Gasteiger partial charge >= 0.3 is 0 Å². The molecule has 0 unspecified atom stereocenters. The predicted molar refractivity (Wildman–Crippen MR) is 88.5 cm³/mol. The molecule has 1 aliphatic heterocycles. The van der Waals surface area contributed by atoms with Gasteiger partial charge in [0.15, 0.2) is 0 Å². The fourth-order valence-corrected chi connectivity index (χ4v) is 5.24. The highest BCUT2D eigenvalue weighted by molar-refractivity contribution is 5.78. The molecule has 2 aliphatic carbocycles. The van der Waals surface area contributed by atoms with Gasteiger partial charge in [-0.1, -0.05) is 51.9 Å². The summed E-state index contributed by atoms with van der Waals surface area (Å²) in [6, 6.07) is 0. The van der Waals surface area contributed by atoms with Crippen molar-refractivity contribution in [2.75, 3.05) is 13.1 Å². The van der Waals surface area contributed by atoms with E-state index in [9.17, 15) is 9.90 Å². The van der Waals surface area contributed by atoms with Gasteiger partial charge in [0.25, 0.3) is 0 Å². The lowest BCUT2D eigenvalue weighted by Crippen LogP contribution is -2.53. The molecule has 1 N–H and O–H groups in total. The zero-order valence-electron chi connectivity index (χ0n) is 14.2. The van der Waals surface area contributed by atoms with Crippen molar-refractivity contribution < 1.29 is 9.90 Å². The van der Waals surface area contributed by atoms with Crippen molar-refractivity contribution in [3.05, 3.63) is 0 Å². The number of rotatable bonds is 3. The first-order chi connectivity index (χ1) is 10.6. The molecule has 3 heteroatoms. The van der Waals surface area contributed by atoms with E-state index in [0.29, 0.717) is 5.91 Å². The van der Waals surface area contributed by atoms with Crippen LogP contribution in [0.5, 0.6) is 0 Å². The van der Waals surface area contributed by atoms with E-state index in [2.05, 4.69) is 11.8 Å². The van der Waals surface area contributed by atoms with Crippen molar-refractivity contribution in [3.63, 3.8) is 0 Å². The number of amides is 1. The van der Waals surface area contributed by atoms with Crippen molar-refractivity contribution in [1.82, 2.24) is 4.90 Å². The molecule has 3 aliphatic rings. The number of hydrogen-bond donors (Lipinski definition) is 1. The second-order valence-electron chi connectivity index (χ2n) is 8.27. The fourth-order valence-electron chi connectivity index (χ4n) is 5.24. The van der Waals surface area contributed by atoms with Crippen LogP contribution in [0.2, 0.25) is 0 Å². The van der Waals surface area contributed by atoms with Crippen LogP contribution in [0.1, 0.15) is 77.6 Å². The van der Waals surface area contributed by atoms with Gasteiger partial charge in [0, 0.05) is 24.4 Å². The van der Waals surface area contributed by atoms with E-state index in [1.54, 1.807) is 0 Å². The van der Waals surface area contributed by atoms with Gasteiger partial charge in [0.1, 0.15) is 0 Å². The van der Waals surface area contributed by atoms with Crippen molar-refractivity contribution in [3.8, 4) is 0 Å². The molecule has 126 valence electrons. The van der Waals surface area contributed by atoms with Gasteiger partial charge in [-0.05, 0) is 31.6 Å². The molecule has 0 radical (unpaired) electrons. The maximum absolute atomic E-state index is 12.9. The molecule has 0 aromatic rings. The normalized spacial score (nSPS) is 30.6. The summed E-state index contributed by atoms with van der Waals surface area (Å²) < 4.78 is 0. The van der Waals surface area contributed by atoms with E-state index in [0.717, 1.165) is 44.7 Å². The molecule has 2 atom stereocenters. The minimum Gasteiger partial charge on any atom is -0.392 e. The van der Waals surface area contributed by atoms with Crippen LogP contribution < -0.4 is 0 Å². The first-order valence-corrected chi connectivity index (χ1v) is 9.57. The molecule has 1 heterocycles. The topological polar surface area (TPSA) is 40.5 Å². The third kappa shape index (κ3) is 3.34. The molecule has 1 amide bonds. The Balaban J connectivity index is 1.57. The van der Waals surface area contributed by atoms with Crippen LogP contribution in [0, 0.1) is 17.3 Å². The van der Waals surface area contributed by atoms with Crippen LogP contribution in [0.15, 0.2) is 0 Å². The summed E-state index contributed by atoms with van der Waals surface area (Å²) in [6.07, 6.45) is 13.0. The maximum atomic E-state index is 12.9. The van der Waals surface area contributed by atoms with Gasteiger partial charge in [0.2, 0.25) is 5.91 Å². The van der Waals surface area contributed by atoms with Crippen LogP contribution in [0.25, 0.3) is 0 Å². The third-order valence-corrected chi connectivity index (χ3v) is 6.63. The standard InChI is InChI=1S/C19H33NO2/c1-15(13-16-7-3-2-4-8-16)18(22)20-12-9-17(21)19(14-20)10-5-6-11-19/h15-17,21H,2-14H2,1H3/t15-,17+/m1/s1. The quantitative estimate of drug-likeness (QED) is 0.862. The summed E-state index contributed by atoms with van der Waals surface area (Å²) in [5.41, 5.74) is 0.0263. The van der Waals surface area contributed by atoms with Crippen LogP contribution in [0.4, 0.5) is 0 Å². The Morgan fingerprint density at radius 3 is 2.50 bits per heavy atom. The Morgan fingerprint density at radius 2 is 1.82 bits per heavy atom. The number of nitrogens with zero attached hydrogens (tertiary/aromatic N) is 1. The minimum atomic E-state index is -0.187. The van der Waals surface area contributed by atoms with E-state index in [1.807, 2.05) is 0 Å². The Hall–Kier alpha value is -0.570. The molecular formula is C19H33NO2. The molecule has 0 aromatic heterocycles. The van der Waals surface area contributed by atoms with Gasteiger partial charge in [-0.3, -0.25) is 4.79 Å². The fraction of sp³-hybridized carbons (Fsp3) is 0.947. The number of carbonyl (C=O) groups excluding carboxylic acids is 1. The highest BCUT2D eigenvalue weighted by Crippen LogP contribution is 2.45. The minimum absolute atomic E-state index is 0.0263. The van der Waals surface area contributed by atoms with E-state index in [-0.39, 0.29) is 17.4 Å². The van der Waals surface area contributed by atoms with Crippen molar-refractivity contribution in [2.24, 2.45) is 17.3 Å². The molecule has 3 rings (SSSR count). The lowest BCUT2D eigenvalue weighted by Gasteiger charge is -2.45. The van der Waals surface area contributed by atoms with E-state index >= 15 is 0 Å². The summed E-state index contributed by atoms with van der Waals surface area (Å²) in [4.78, 5) is 15.0. The first kappa shape index (κ1) is 16.3. The highest BCUT2D eigenvalue weighted by atomic mass is 16.3. The largest absolute Gasteiger partial charge is 0.392 e. The number of hydrogen-bond acceptors (Lipinski definition) is 2. The zero-order valence-corrected chi connectivity index (χ0v) is 14.2. The molecule has 1 saturated heterocycles. The molecule has 3 fully saturated rings. The van der Waals surface area contributed by atoms with Crippen LogP contribution in [-0.2, 0) is 4.79 Å². The number of likely N-dealkylation sites (tertiary alicyclic amines) is 1. The van der Waals surface area contributed by atoms with Crippen molar-refractivity contribution >= 4 is 5.91 Å². The summed E-state index contributed by atoms with van der Waals surface area (Å²) in [5, 5.41) is 10.4. The van der Waals surface area contributed by atoms with Crippen LogP contribution in [-0.4, -0.2) is 35.1 Å². The summed E-state index contributed by atoms with van der Waals surface area (Å²) in [7, 11) is 0. The molecular weight excluding hydrogens is 274 g/mol. The average molecular weight is 307 g/mol. The number of aliphatic hydroxyl groups excluding tert-OH is 1. The van der Waals surface area contributed by atoms with E-state index < -0.39 is 0 Å². The lowest BCUT2D eigenvalue weighted by atomic mass is 9.75. The molecule has 0 bridgehead atoms. The number of aliphatic hydroxyl groups is 1. The third-order valence-electron chi connectivity index (χ3n) is 6.63. The van der Waals surface area contributed by atoms with E-state index in [1.165, 1.54) is 44.9 Å². The maximum Gasteiger partial charge on any atom is 0.225 e. The Morgan fingerprint density at radius 1 is 1.14 bits per heavy atom. The molecule has 3 nitrogen and oxygen atoms in total. The Bertz CT molecular complexity index is 383. The van der Waals surface area contributed by atoms with Crippen LogP contribution >= 0.6 is 0 Å². The van der Waals surface area contributed by atoms with Gasteiger partial charge < -0.3 is 10.0 Å². The van der Waals surface area contributed by atoms with Gasteiger partial charge in [-0.25, -0.2) is 0 Å². The lowest BCUT2D eigenvalue weighted by molar-refractivity contribution is -0.143. The summed E-state index contributed by atoms with van der Waals surface area (Å²) >= 11 is 0. The Kier molecular flexibility index (Phi) is 5.11. The van der Waals surface area contributed by atoms with Gasteiger partial charge in [-0.15, -0.1) is 0 Å². The zero-order chi connectivity index (χ0) is 15.6. The van der Waals surface area contributed by atoms with Crippen LogP contribution in [0.3, 0.4) is 0 Å². The highest BCUT2D eigenvalue weighted by Gasteiger charge is 2.45. The van der Waals surface area contributed by atoms with Crippen molar-refractivity contribution in [1.29, 1.82) is 0 Å². The average Bonchev–Trinajstić information content (AvgIpc) is 3.00. The van der Waals surface area contributed by atoms with E-state index in [4.69, 9.17) is 0 Å². The number of carbonyl (C=O) groups is 1. The van der Waals surface area contributed by atoms with Gasteiger partial charge in [0.05, 0.1) is 6.10 Å². The molecule has 1 spiro atoms. The van der Waals surface area contributed by atoms with Crippen molar-refractivity contribution in [2.45, 2.75) is 83.7 Å². The number of piperidine rings is 1. The summed E-state index contributed by atoms with van der Waals surface area (Å²) in [5.74, 6) is 1.28. The molecule has 2 saturated carbocycles. The SMILES string of the molecule is C[C@H](CC1CCCCC1)C(=O)N1CC[C@H](O)C2(CCCC2)C1. The first-order valence-electron chi connectivity index (χ1n) is 9.57. The smallest absolute Gasteiger partial charge is 0.225 e. The van der Waals surface area contributed by atoms with Gasteiger partial charge in [-0.2, -0.15) is 0 Å². The summed E-state index contributed by atoms with van der Waals surface area (Å²) in [6.45, 7) is 3.70. The predicted octanol–water partition coefficient (Wildman–Crippen LogP) is 3.75. The molecule has 22 heavy (non-hydrogen) atoms. The monoisotopic (exact) mass is 307 g/mol.